The van der Waals surface area contributed by atoms with E-state index >= 15 is 0 Å². The van der Waals surface area contributed by atoms with Crippen molar-refractivity contribution in [2.45, 2.75) is 0 Å². The highest BCUT2D eigenvalue weighted by molar-refractivity contribution is 5.75. The molecule has 0 radical (unpaired) electrons. The van der Waals surface area contributed by atoms with E-state index in [0.717, 1.165) is 50.2 Å². The molecule has 0 bridgehead atoms. The molecule has 0 fully saturated rings. The molecule has 0 aliphatic rings. The molecule has 2 heterocycles. The molecule has 0 aliphatic heterocycles. The number of benzene rings is 7. The summed E-state index contributed by atoms with van der Waals surface area (Å²) in [6.07, 6.45) is 1.94. The van der Waals surface area contributed by atoms with Gasteiger partial charge in [-0.25, -0.2) is 15.0 Å². The Morgan fingerprint density at radius 1 is 0.204 bits per heavy atom. The van der Waals surface area contributed by atoms with Gasteiger partial charge in [0.25, 0.3) is 0 Å². The van der Waals surface area contributed by atoms with Crippen LogP contribution in [-0.4, -0.2) is 19.9 Å². The van der Waals surface area contributed by atoms with Crippen LogP contribution in [0.25, 0.3) is 89.9 Å². The smallest absolute Gasteiger partial charge is 0.164 e. The summed E-state index contributed by atoms with van der Waals surface area (Å²) < 4.78 is 0. The van der Waals surface area contributed by atoms with Gasteiger partial charge in [0.2, 0.25) is 0 Å². The fourth-order valence-electron chi connectivity index (χ4n) is 6.66. The molecule has 0 saturated heterocycles. The van der Waals surface area contributed by atoms with Crippen LogP contribution < -0.4 is 0 Å². The lowest BCUT2D eigenvalue weighted by molar-refractivity contribution is 1.07. The summed E-state index contributed by atoms with van der Waals surface area (Å²) in [5.74, 6) is 1.87. The minimum absolute atomic E-state index is 0.619. The minimum atomic E-state index is 0.619. The van der Waals surface area contributed by atoms with Crippen LogP contribution in [-0.2, 0) is 0 Å². The summed E-state index contributed by atoms with van der Waals surface area (Å²) in [4.78, 5) is 19.8. The van der Waals surface area contributed by atoms with Crippen LogP contribution >= 0.6 is 0 Å². The Labute approximate surface area is 315 Å². The van der Waals surface area contributed by atoms with Gasteiger partial charge in [0.05, 0.1) is 5.69 Å². The molecular formula is C50H34N4. The van der Waals surface area contributed by atoms with Crippen molar-refractivity contribution in [1.29, 1.82) is 0 Å². The summed E-state index contributed by atoms with van der Waals surface area (Å²) in [5, 5.41) is 0. The van der Waals surface area contributed by atoms with E-state index in [-0.39, 0.29) is 0 Å². The van der Waals surface area contributed by atoms with Gasteiger partial charge < -0.3 is 0 Å². The molecule has 9 aromatic rings. The Balaban J connectivity index is 1.01. The van der Waals surface area contributed by atoms with Gasteiger partial charge in [-0.3, -0.25) is 4.98 Å². The summed E-state index contributed by atoms with van der Waals surface area (Å²) in [6, 6.07) is 69.1. The number of pyridine rings is 1. The van der Waals surface area contributed by atoms with E-state index in [1.54, 1.807) is 0 Å². The third kappa shape index (κ3) is 6.97. The molecule has 0 N–H and O–H groups in total. The maximum atomic E-state index is 5.01. The first-order valence-corrected chi connectivity index (χ1v) is 18.0. The predicted molar refractivity (Wildman–Crippen MR) is 221 cm³/mol. The molecule has 0 amide bonds. The molecule has 2 aromatic heterocycles. The summed E-state index contributed by atoms with van der Waals surface area (Å²) in [6.45, 7) is 0. The zero-order chi connectivity index (χ0) is 36.1. The number of hydrogen-bond acceptors (Lipinski definition) is 4. The third-order valence-electron chi connectivity index (χ3n) is 9.66. The SMILES string of the molecule is c1ccc(-c2ccc(-c3ccc(-c4ccc(-c5nc(-c6ccc(-c7ccccc7)cc6)nc(-c6ccc(-c7ccccc7)cc6)n5)cc4)cn3)cc2)cc1. The van der Waals surface area contributed by atoms with E-state index in [9.17, 15) is 0 Å². The lowest BCUT2D eigenvalue weighted by Crippen LogP contribution is -2.00. The van der Waals surface area contributed by atoms with Gasteiger partial charge in [-0.2, -0.15) is 0 Å². The topological polar surface area (TPSA) is 51.6 Å². The lowest BCUT2D eigenvalue weighted by Gasteiger charge is -2.10. The number of rotatable bonds is 8. The standard InChI is InChI=1S/C50H34N4/c1-4-10-35(11-5-1)38-16-24-42(25-17-38)47-33-32-46(34-51-47)41-22-30-45(31-23-41)50-53-48(43-26-18-39(19-27-43)36-12-6-2-7-13-36)52-49(54-50)44-28-20-40(21-29-44)37-14-8-3-9-15-37/h1-34H. The fraction of sp³-hybridized carbons (Fsp3) is 0. The van der Waals surface area contributed by atoms with Crippen LogP contribution in [0.4, 0.5) is 0 Å². The van der Waals surface area contributed by atoms with Crippen LogP contribution in [0.15, 0.2) is 206 Å². The first-order valence-electron chi connectivity index (χ1n) is 18.0. The van der Waals surface area contributed by atoms with Gasteiger partial charge in [-0.15, -0.1) is 0 Å². The molecule has 4 nitrogen and oxygen atoms in total. The number of aromatic nitrogens is 4. The Morgan fingerprint density at radius 3 is 0.778 bits per heavy atom. The van der Waals surface area contributed by atoms with Crippen molar-refractivity contribution in [3.05, 3.63) is 206 Å². The van der Waals surface area contributed by atoms with Crippen molar-refractivity contribution in [3.63, 3.8) is 0 Å². The van der Waals surface area contributed by atoms with Crippen molar-refractivity contribution in [1.82, 2.24) is 19.9 Å². The molecule has 4 heteroatoms. The molecular weight excluding hydrogens is 657 g/mol. The Bertz CT molecular complexity index is 2520. The van der Waals surface area contributed by atoms with E-state index in [1.807, 2.05) is 24.4 Å². The Morgan fingerprint density at radius 2 is 0.463 bits per heavy atom. The average Bonchev–Trinajstić information content (AvgIpc) is 3.27. The molecule has 0 aliphatic carbocycles. The fourth-order valence-corrected chi connectivity index (χ4v) is 6.66. The average molecular weight is 691 g/mol. The van der Waals surface area contributed by atoms with E-state index in [2.05, 4.69) is 182 Å². The summed E-state index contributed by atoms with van der Waals surface area (Å²) >= 11 is 0. The van der Waals surface area contributed by atoms with Crippen molar-refractivity contribution in [2.75, 3.05) is 0 Å². The largest absolute Gasteiger partial charge is 0.256 e. The predicted octanol–water partition coefficient (Wildman–Crippen LogP) is 12.6. The normalized spacial score (nSPS) is 11.0. The van der Waals surface area contributed by atoms with Crippen molar-refractivity contribution in [2.24, 2.45) is 0 Å². The number of nitrogens with zero attached hydrogens (tertiary/aromatic N) is 4. The summed E-state index contributed by atoms with van der Waals surface area (Å²) in [5.41, 5.74) is 13.9. The lowest BCUT2D eigenvalue weighted by atomic mass is 10.0. The Kier molecular flexibility index (Phi) is 8.90. The van der Waals surface area contributed by atoms with E-state index in [1.165, 1.54) is 22.3 Å². The van der Waals surface area contributed by atoms with E-state index in [4.69, 9.17) is 19.9 Å². The van der Waals surface area contributed by atoms with Crippen LogP contribution in [0.3, 0.4) is 0 Å². The molecule has 7 aromatic carbocycles. The zero-order valence-corrected chi connectivity index (χ0v) is 29.4. The second-order valence-electron chi connectivity index (χ2n) is 13.1. The van der Waals surface area contributed by atoms with Gasteiger partial charge in [0.1, 0.15) is 0 Å². The van der Waals surface area contributed by atoms with Gasteiger partial charge in [-0.05, 0) is 45.0 Å². The van der Waals surface area contributed by atoms with Gasteiger partial charge in [-0.1, -0.05) is 194 Å². The van der Waals surface area contributed by atoms with Crippen molar-refractivity contribution in [3.8, 4) is 89.9 Å². The zero-order valence-electron chi connectivity index (χ0n) is 29.4. The summed E-state index contributed by atoms with van der Waals surface area (Å²) in [7, 11) is 0. The maximum Gasteiger partial charge on any atom is 0.164 e. The highest BCUT2D eigenvalue weighted by atomic mass is 15.0. The first-order chi connectivity index (χ1) is 26.7. The van der Waals surface area contributed by atoms with Crippen molar-refractivity contribution >= 4 is 0 Å². The van der Waals surface area contributed by atoms with Crippen LogP contribution in [0.1, 0.15) is 0 Å². The first kappa shape index (κ1) is 32.6. The van der Waals surface area contributed by atoms with Crippen LogP contribution in [0.5, 0.6) is 0 Å². The molecule has 0 spiro atoms. The maximum absolute atomic E-state index is 5.01. The van der Waals surface area contributed by atoms with E-state index < -0.39 is 0 Å². The highest BCUT2D eigenvalue weighted by Gasteiger charge is 2.14. The Hall–Kier alpha value is -7.30. The number of hydrogen-bond donors (Lipinski definition) is 0. The molecule has 254 valence electrons. The molecule has 0 unspecified atom stereocenters. The van der Waals surface area contributed by atoms with Crippen molar-refractivity contribution < 1.29 is 0 Å². The van der Waals surface area contributed by atoms with Crippen LogP contribution in [0, 0.1) is 0 Å². The second kappa shape index (κ2) is 14.7. The minimum Gasteiger partial charge on any atom is -0.256 e. The van der Waals surface area contributed by atoms with Crippen LogP contribution in [0.2, 0.25) is 0 Å². The van der Waals surface area contributed by atoms with Gasteiger partial charge >= 0.3 is 0 Å². The third-order valence-corrected chi connectivity index (χ3v) is 9.66. The molecule has 54 heavy (non-hydrogen) atoms. The molecule has 0 atom stereocenters. The second-order valence-corrected chi connectivity index (χ2v) is 13.1. The quantitative estimate of drug-likeness (QED) is 0.159. The highest BCUT2D eigenvalue weighted by Crippen LogP contribution is 2.31. The van der Waals surface area contributed by atoms with Gasteiger partial charge in [0, 0.05) is 34.0 Å². The monoisotopic (exact) mass is 690 g/mol. The van der Waals surface area contributed by atoms with Gasteiger partial charge in [0.15, 0.2) is 17.5 Å². The molecule has 9 rings (SSSR count). The van der Waals surface area contributed by atoms with E-state index in [0.29, 0.717) is 17.5 Å². The molecule has 0 saturated carbocycles.